The summed E-state index contributed by atoms with van der Waals surface area (Å²) in [5, 5.41) is 0. The van der Waals surface area contributed by atoms with Crippen molar-refractivity contribution in [1.82, 2.24) is 0 Å². The van der Waals surface area contributed by atoms with Crippen molar-refractivity contribution >= 4 is 0 Å². The zero-order valence-electron chi connectivity index (χ0n) is 11.9. The summed E-state index contributed by atoms with van der Waals surface area (Å²) in [6.45, 7) is 4.35. The molecule has 0 N–H and O–H groups in total. The van der Waals surface area contributed by atoms with Gasteiger partial charge >= 0.3 is 0 Å². The molecule has 2 heteroatoms. The first-order chi connectivity index (χ1) is 8.88. The summed E-state index contributed by atoms with van der Waals surface area (Å²) in [5.74, 6) is 0. The van der Waals surface area contributed by atoms with Crippen LogP contribution in [0.4, 0.5) is 0 Å². The van der Waals surface area contributed by atoms with Crippen molar-refractivity contribution in [3.05, 3.63) is 24.7 Å². The molecule has 104 valence electrons. The van der Waals surface area contributed by atoms with E-state index >= 15 is 0 Å². The van der Waals surface area contributed by atoms with Gasteiger partial charge < -0.3 is 9.47 Å². The van der Waals surface area contributed by atoms with Crippen molar-refractivity contribution in [3.63, 3.8) is 0 Å². The van der Waals surface area contributed by atoms with Crippen molar-refractivity contribution in [2.45, 2.75) is 77.4 Å². The Kier molecular flexibility index (Phi) is 8.45. The minimum Gasteiger partial charge on any atom is -0.495 e. The van der Waals surface area contributed by atoms with E-state index in [0.29, 0.717) is 0 Å². The average Bonchev–Trinajstić information content (AvgIpc) is 2.41. The van der Waals surface area contributed by atoms with E-state index in [0.717, 1.165) is 25.7 Å². The van der Waals surface area contributed by atoms with Gasteiger partial charge in [0.15, 0.2) is 0 Å². The predicted octanol–water partition coefficient (Wildman–Crippen LogP) is 4.96. The van der Waals surface area contributed by atoms with Crippen LogP contribution >= 0.6 is 0 Å². The molecule has 1 rings (SSSR count). The molecule has 0 aromatic carbocycles. The molecule has 1 aliphatic carbocycles. The molecule has 0 aliphatic heterocycles. The van der Waals surface area contributed by atoms with Crippen molar-refractivity contribution in [2.24, 2.45) is 0 Å². The highest BCUT2D eigenvalue weighted by Gasteiger charge is 2.26. The van der Waals surface area contributed by atoms with Gasteiger partial charge in [-0.05, 0) is 50.7 Å². The van der Waals surface area contributed by atoms with Gasteiger partial charge in [-0.15, -0.1) is 0 Å². The minimum atomic E-state index is 0.234. The molecule has 1 fully saturated rings. The molecule has 2 unspecified atom stereocenters. The number of hydrogen-bond acceptors (Lipinski definition) is 2. The fourth-order valence-electron chi connectivity index (χ4n) is 2.16. The first kappa shape index (κ1) is 15.1. The number of rotatable bonds is 8. The lowest BCUT2D eigenvalue weighted by atomic mass is 9.94. The molecule has 0 bridgehead atoms. The van der Waals surface area contributed by atoms with Crippen LogP contribution < -0.4 is 0 Å². The van der Waals surface area contributed by atoms with Crippen LogP contribution in [0, 0.1) is 0 Å². The van der Waals surface area contributed by atoms with Gasteiger partial charge in [0.1, 0.15) is 12.2 Å². The maximum atomic E-state index is 5.82. The molecule has 18 heavy (non-hydrogen) atoms. The van der Waals surface area contributed by atoms with Gasteiger partial charge in [0.2, 0.25) is 0 Å². The second-order valence-electron chi connectivity index (χ2n) is 4.95. The van der Waals surface area contributed by atoms with Crippen LogP contribution in [0.2, 0.25) is 0 Å². The molecular weight excluding hydrogens is 224 g/mol. The number of allylic oxidation sites excluding steroid dienone is 2. The Morgan fingerprint density at radius 1 is 0.833 bits per heavy atom. The van der Waals surface area contributed by atoms with E-state index in [1.807, 2.05) is 12.5 Å². The zero-order chi connectivity index (χ0) is 13.1. The molecule has 1 saturated carbocycles. The van der Waals surface area contributed by atoms with Crippen LogP contribution in [-0.4, -0.2) is 12.2 Å². The molecule has 0 aromatic rings. The average molecular weight is 252 g/mol. The Bertz CT molecular complexity index is 219. The van der Waals surface area contributed by atoms with E-state index in [2.05, 4.69) is 26.0 Å². The molecule has 0 radical (unpaired) electrons. The van der Waals surface area contributed by atoms with Gasteiger partial charge in [-0.25, -0.2) is 0 Å². The van der Waals surface area contributed by atoms with Crippen LogP contribution in [0.15, 0.2) is 24.7 Å². The minimum absolute atomic E-state index is 0.234. The molecule has 2 atom stereocenters. The SMILES string of the molecule is CCC/C=C/OC1CCCCC1O/C=C/CCC. The van der Waals surface area contributed by atoms with Gasteiger partial charge in [0.05, 0.1) is 12.5 Å². The molecule has 0 aromatic heterocycles. The van der Waals surface area contributed by atoms with Crippen LogP contribution in [0.25, 0.3) is 0 Å². The van der Waals surface area contributed by atoms with Crippen LogP contribution in [0.5, 0.6) is 0 Å². The summed E-state index contributed by atoms with van der Waals surface area (Å²) >= 11 is 0. The van der Waals surface area contributed by atoms with E-state index in [1.165, 1.54) is 25.7 Å². The van der Waals surface area contributed by atoms with E-state index in [1.54, 1.807) is 0 Å². The van der Waals surface area contributed by atoms with Gasteiger partial charge in [0.25, 0.3) is 0 Å². The Morgan fingerprint density at radius 3 is 1.67 bits per heavy atom. The van der Waals surface area contributed by atoms with Crippen LogP contribution in [-0.2, 0) is 9.47 Å². The number of ether oxygens (including phenoxy) is 2. The van der Waals surface area contributed by atoms with Crippen LogP contribution in [0.3, 0.4) is 0 Å². The smallest absolute Gasteiger partial charge is 0.134 e. The monoisotopic (exact) mass is 252 g/mol. The van der Waals surface area contributed by atoms with Gasteiger partial charge in [-0.1, -0.05) is 26.7 Å². The molecule has 2 nitrogen and oxygen atoms in total. The largest absolute Gasteiger partial charge is 0.495 e. The zero-order valence-corrected chi connectivity index (χ0v) is 11.9. The van der Waals surface area contributed by atoms with Crippen molar-refractivity contribution in [3.8, 4) is 0 Å². The summed E-state index contributed by atoms with van der Waals surface area (Å²) < 4.78 is 11.6. The Morgan fingerprint density at radius 2 is 1.28 bits per heavy atom. The van der Waals surface area contributed by atoms with Crippen molar-refractivity contribution < 1.29 is 9.47 Å². The second-order valence-corrected chi connectivity index (χ2v) is 4.95. The standard InChI is InChI=1S/C16H28O2/c1-3-5-9-13-17-15-11-7-8-12-16(15)18-14-10-6-4-2/h9-10,13-16H,3-8,11-12H2,1-2H3/b13-9+,14-10+. The Hall–Kier alpha value is -0.920. The first-order valence-electron chi connectivity index (χ1n) is 7.49. The second kappa shape index (κ2) is 10.0. The molecule has 0 heterocycles. The van der Waals surface area contributed by atoms with Crippen molar-refractivity contribution in [2.75, 3.05) is 0 Å². The lowest BCUT2D eigenvalue weighted by molar-refractivity contribution is -0.0263. The summed E-state index contributed by atoms with van der Waals surface area (Å²) in [6.07, 6.45) is 17.7. The predicted molar refractivity (Wildman–Crippen MR) is 76.3 cm³/mol. The van der Waals surface area contributed by atoms with Gasteiger partial charge in [-0.3, -0.25) is 0 Å². The summed E-state index contributed by atoms with van der Waals surface area (Å²) in [4.78, 5) is 0. The Balaban J connectivity index is 2.32. The molecule has 1 aliphatic rings. The highest BCUT2D eigenvalue weighted by molar-refractivity contribution is 4.84. The van der Waals surface area contributed by atoms with Gasteiger partial charge in [-0.2, -0.15) is 0 Å². The van der Waals surface area contributed by atoms with E-state index in [-0.39, 0.29) is 12.2 Å². The molecule has 0 amide bonds. The van der Waals surface area contributed by atoms with Crippen molar-refractivity contribution in [1.29, 1.82) is 0 Å². The topological polar surface area (TPSA) is 18.5 Å². The van der Waals surface area contributed by atoms with E-state index in [9.17, 15) is 0 Å². The molecular formula is C16H28O2. The lowest BCUT2D eigenvalue weighted by Crippen LogP contribution is -2.32. The third-order valence-electron chi connectivity index (χ3n) is 3.25. The highest BCUT2D eigenvalue weighted by Crippen LogP contribution is 2.24. The fourth-order valence-corrected chi connectivity index (χ4v) is 2.16. The highest BCUT2D eigenvalue weighted by atomic mass is 16.5. The molecule has 0 spiro atoms. The quantitative estimate of drug-likeness (QED) is 0.568. The first-order valence-corrected chi connectivity index (χ1v) is 7.49. The molecule has 0 saturated heterocycles. The number of hydrogen-bond donors (Lipinski definition) is 0. The third kappa shape index (κ3) is 6.13. The van der Waals surface area contributed by atoms with E-state index < -0.39 is 0 Å². The van der Waals surface area contributed by atoms with Gasteiger partial charge in [0, 0.05) is 0 Å². The summed E-state index contributed by atoms with van der Waals surface area (Å²) in [7, 11) is 0. The lowest BCUT2D eigenvalue weighted by Gasteiger charge is -2.30. The number of unbranched alkanes of at least 4 members (excludes halogenated alkanes) is 2. The van der Waals surface area contributed by atoms with Crippen LogP contribution in [0.1, 0.15) is 65.2 Å². The fraction of sp³-hybridized carbons (Fsp3) is 0.750. The normalized spacial score (nSPS) is 24.8. The third-order valence-corrected chi connectivity index (χ3v) is 3.25. The summed E-state index contributed by atoms with van der Waals surface area (Å²) in [5.41, 5.74) is 0. The van der Waals surface area contributed by atoms with E-state index in [4.69, 9.17) is 9.47 Å². The Labute approximate surface area is 112 Å². The summed E-state index contributed by atoms with van der Waals surface area (Å²) in [6, 6.07) is 0. The maximum Gasteiger partial charge on any atom is 0.134 e. The maximum absolute atomic E-state index is 5.82.